The fourth-order valence-electron chi connectivity index (χ4n) is 2.22. The number of carboxylic acids is 5. The van der Waals surface area contributed by atoms with Crippen molar-refractivity contribution in [3.05, 3.63) is 0 Å². The van der Waals surface area contributed by atoms with Gasteiger partial charge in [-0.1, -0.05) is 0 Å². The zero-order chi connectivity index (χ0) is 21.0. The van der Waals surface area contributed by atoms with Crippen LogP contribution >= 0.6 is 0 Å². The summed E-state index contributed by atoms with van der Waals surface area (Å²) in [6.07, 6.45) is 0. The molecule has 0 rings (SSSR count). The van der Waals surface area contributed by atoms with Crippen molar-refractivity contribution in [3.63, 3.8) is 0 Å². The second-order valence-electron chi connectivity index (χ2n) is 5.67. The van der Waals surface area contributed by atoms with E-state index in [9.17, 15) is 24.0 Å². The monoisotopic (exact) mass is 529 g/mol. The molecule has 0 aromatic carbocycles. The Morgan fingerprint density at radius 2 is 0.581 bits per heavy atom. The Bertz CT molecular complexity index is 502. The number of carbonyl (C=O) groups is 5. The maximum absolute atomic E-state index is 11.0. The summed E-state index contributed by atoms with van der Waals surface area (Å²) in [4.78, 5) is 57.6. The minimum Gasteiger partial charge on any atom is 0 e. The summed E-state index contributed by atoms with van der Waals surface area (Å²) in [7, 11) is 0. The SMILES string of the molecule is O=C(O)CN(CCN(CC(=O)O)CC(=O)O)CCN(CC(=O)O)CC(=O)O.[NaH].[NaH].[NaH].[Zn]. The van der Waals surface area contributed by atoms with Gasteiger partial charge in [-0.15, -0.1) is 0 Å². The van der Waals surface area contributed by atoms with Gasteiger partial charge in [0.2, 0.25) is 0 Å². The molecular formula is C14H26N3Na3O10Zn. The first kappa shape index (κ1) is 42.0. The van der Waals surface area contributed by atoms with Crippen LogP contribution in [-0.4, -0.2) is 218 Å². The molecule has 0 heterocycles. The van der Waals surface area contributed by atoms with Gasteiger partial charge in [0.15, 0.2) is 0 Å². The average molecular weight is 531 g/mol. The quantitative estimate of drug-likeness (QED) is 0.120. The molecule has 31 heavy (non-hydrogen) atoms. The molecule has 0 aliphatic carbocycles. The maximum atomic E-state index is 11.0. The van der Waals surface area contributed by atoms with E-state index < -0.39 is 62.6 Å². The second kappa shape index (κ2) is 24.0. The molecule has 0 aliphatic rings. The first-order valence-corrected chi connectivity index (χ1v) is 7.75. The van der Waals surface area contributed by atoms with E-state index in [1.54, 1.807) is 0 Å². The second-order valence-corrected chi connectivity index (χ2v) is 5.67. The van der Waals surface area contributed by atoms with Gasteiger partial charge < -0.3 is 25.5 Å². The van der Waals surface area contributed by atoms with E-state index in [2.05, 4.69) is 0 Å². The third kappa shape index (κ3) is 27.0. The van der Waals surface area contributed by atoms with Gasteiger partial charge >= 0.3 is 119 Å². The van der Waals surface area contributed by atoms with E-state index in [0.29, 0.717) is 0 Å². The van der Waals surface area contributed by atoms with Gasteiger partial charge in [0.25, 0.3) is 0 Å². The summed E-state index contributed by atoms with van der Waals surface area (Å²) in [5, 5.41) is 44.1. The summed E-state index contributed by atoms with van der Waals surface area (Å²) in [5.41, 5.74) is 0. The molecule has 0 radical (unpaired) electrons. The molecule has 0 unspecified atom stereocenters. The Hall–Kier alpha value is 0.853. The molecular weight excluding hydrogens is 505 g/mol. The van der Waals surface area contributed by atoms with Gasteiger partial charge in [-0.3, -0.25) is 38.7 Å². The minimum absolute atomic E-state index is 0. The average Bonchev–Trinajstić information content (AvgIpc) is 2.46. The number of carboxylic acid groups (broad SMARTS) is 5. The van der Waals surface area contributed by atoms with Crippen molar-refractivity contribution in [1.82, 2.24) is 14.7 Å². The van der Waals surface area contributed by atoms with E-state index in [1.807, 2.05) is 0 Å². The van der Waals surface area contributed by atoms with Crippen LogP contribution in [0.2, 0.25) is 0 Å². The van der Waals surface area contributed by atoms with Gasteiger partial charge in [-0.05, 0) is 0 Å². The largest absolute Gasteiger partial charge is 0 e. The molecule has 17 heteroatoms. The van der Waals surface area contributed by atoms with Crippen molar-refractivity contribution >= 4 is 119 Å². The molecule has 0 bridgehead atoms. The Kier molecular flexibility index (Phi) is 32.5. The van der Waals surface area contributed by atoms with Crippen molar-refractivity contribution in [1.29, 1.82) is 0 Å². The van der Waals surface area contributed by atoms with Crippen molar-refractivity contribution in [3.8, 4) is 0 Å². The zero-order valence-corrected chi connectivity index (χ0v) is 18.2. The number of rotatable bonds is 16. The molecule has 0 fully saturated rings. The van der Waals surface area contributed by atoms with E-state index in [4.69, 9.17) is 25.5 Å². The van der Waals surface area contributed by atoms with Gasteiger partial charge in [-0.2, -0.15) is 0 Å². The van der Waals surface area contributed by atoms with Gasteiger partial charge in [0.05, 0.1) is 32.7 Å². The van der Waals surface area contributed by atoms with Crippen molar-refractivity contribution < 1.29 is 69.0 Å². The van der Waals surface area contributed by atoms with E-state index in [0.717, 1.165) is 9.80 Å². The summed E-state index contributed by atoms with van der Waals surface area (Å²) in [6.45, 7) is -2.74. The molecule has 0 aliphatic heterocycles. The number of hydrogen-bond acceptors (Lipinski definition) is 8. The van der Waals surface area contributed by atoms with Crippen LogP contribution in [0, 0.1) is 0 Å². The van der Waals surface area contributed by atoms with E-state index in [1.165, 1.54) is 4.90 Å². The number of hydrogen-bond donors (Lipinski definition) is 5. The summed E-state index contributed by atoms with van der Waals surface area (Å²) >= 11 is 0. The maximum Gasteiger partial charge on any atom is 0 e. The molecule has 162 valence electrons. The first-order valence-electron chi connectivity index (χ1n) is 7.75. The van der Waals surface area contributed by atoms with E-state index in [-0.39, 0.29) is 134 Å². The molecule has 0 saturated heterocycles. The fraction of sp³-hybridized carbons (Fsp3) is 0.643. The third-order valence-electron chi connectivity index (χ3n) is 3.26. The van der Waals surface area contributed by atoms with Crippen LogP contribution in [0.15, 0.2) is 0 Å². The van der Waals surface area contributed by atoms with Crippen LogP contribution < -0.4 is 0 Å². The van der Waals surface area contributed by atoms with Crippen LogP contribution in [0.25, 0.3) is 0 Å². The Morgan fingerprint density at radius 1 is 0.419 bits per heavy atom. The Morgan fingerprint density at radius 3 is 0.774 bits per heavy atom. The molecule has 0 spiro atoms. The van der Waals surface area contributed by atoms with Gasteiger partial charge in [0.1, 0.15) is 0 Å². The van der Waals surface area contributed by atoms with Crippen LogP contribution in [0.4, 0.5) is 0 Å². The van der Waals surface area contributed by atoms with Gasteiger partial charge in [0, 0.05) is 45.7 Å². The van der Waals surface area contributed by atoms with Crippen molar-refractivity contribution in [2.45, 2.75) is 0 Å². The van der Waals surface area contributed by atoms with Gasteiger partial charge in [-0.25, -0.2) is 0 Å². The summed E-state index contributed by atoms with van der Waals surface area (Å²) in [6, 6.07) is 0. The molecule has 0 saturated carbocycles. The fourth-order valence-corrected chi connectivity index (χ4v) is 2.22. The van der Waals surface area contributed by atoms with Crippen molar-refractivity contribution in [2.24, 2.45) is 0 Å². The molecule has 0 aromatic rings. The Labute approximate surface area is 258 Å². The predicted octanol–water partition coefficient (Wildman–Crippen LogP) is -4.63. The first-order chi connectivity index (χ1) is 12.5. The van der Waals surface area contributed by atoms with Crippen LogP contribution in [0.1, 0.15) is 0 Å². The molecule has 13 nitrogen and oxygen atoms in total. The normalized spacial score (nSPS) is 9.65. The van der Waals surface area contributed by atoms with Crippen molar-refractivity contribution in [2.75, 3.05) is 58.9 Å². The van der Waals surface area contributed by atoms with Crippen LogP contribution in [0.5, 0.6) is 0 Å². The summed E-state index contributed by atoms with van der Waals surface area (Å²) < 4.78 is 0. The zero-order valence-electron chi connectivity index (χ0n) is 15.2. The molecule has 0 atom stereocenters. The number of aliphatic carboxylic acids is 5. The van der Waals surface area contributed by atoms with Crippen LogP contribution in [0.3, 0.4) is 0 Å². The smallest absolute Gasteiger partial charge is 0 e. The van der Waals surface area contributed by atoms with Crippen LogP contribution in [-0.2, 0) is 43.5 Å². The minimum atomic E-state index is -1.24. The topological polar surface area (TPSA) is 196 Å². The molecule has 0 aromatic heterocycles. The predicted molar refractivity (Wildman–Crippen MR) is 109 cm³/mol. The molecule has 0 amide bonds. The van der Waals surface area contributed by atoms with E-state index >= 15 is 0 Å². The third-order valence-corrected chi connectivity index (χ3v) is 3.26. The number of nitrogens with zero attached hydrogens (tertiary/aromatic N) is 3. The summed E-state index contributed by atoms with van der Waals surface area (Å²) in [5.74, 6) is -6.16. The Balaban J connectivity index is -0.000000563. The molecule has 5 N–H and O–H groups in total. The standard InChI is InChI=1S/C14H23N3O10.3Na.Zn.3H/c18-10(19)5-15(1-3-16(6-11(20)21)7-12(22)23)2-4-17(8-13(24)25)9-14(26)27;;;;;;;/h1-9H2,(H,18,19)(H,20,21)(H,22,23)(H,24,25)(H,26,27);;;;;;;.